The third-order valence-electron chi connectivity index (χ3n) is 10.5. The van der Waals surface area contributed by atoms with Crippen molar-refractivity contribution in [2.75, 3.05) is 26.9 Å². The number of rotatable bonds is 21. The van der Waals surface area contributed by atoms with Gasteiger partial charge in [-0.25, -0.2) is 4.79 Å². The summed E-state index contributed by atoms with van der Waals surface area (Å²) in [5.74, 6) is -15.7. The number of hydrogen-bond acceptors (Lipinski definition) is 29. The molecule has 1 amide bonds. The zero-order valence-electron chi connectivity index (χ0n) is 42.5. The van der Waals surface area contributed by atoms with Crippen LogP contribution in [-0.4, -0.2) is 196 Å². The molecule has 0 aromatic heterocycles. The monoisotopic (exact) mass is 1070 g/mol. The summed E-state index contributed by atoms with van der Waals surface area (Å²) in [5, 5.41) is 2.49. The van der Waals surface area contributed by atoms with E-state index >= 15 is 0 Å². The molecule has 0 aromatic rings. The lowest BCUT2D eigenvalue weighted by atomic mass is 9.87. The van der Waals surface area contributed by atoms with Gasteiger partial charge in [-0.05, 0) is 0 Å². The highest BCUT2D eigenvalue weighted by atomic mass is 16.8. The molecule has 0 saturated carbocycles. The molecular weight excluding hydrogens is 1000 g/mol. The second-order valence-corrected chi connectivity index (χ2v) is 16.7. The second kappa shape index (κ2) is 27.6. The predicted molar refractivity (Wildman–Crippen MR) is 232 cm³/mol. The minimum atomic E-state index is -3.14. The van der Waals surface area contributed by atoms with E-state index in [9.17, 15) is 57.5 Å². The molecular formula is C44H62N2O28. The highest BCUT2D eigenvalue weighted by Gasteiger charge is 2.64. The Labute approximate surface area is 422 Å². The van der Waals surface area contributed by atoms with Crippen molar-refractivity contribution in [2.24, 2.45) is 5.73 Å². The Kier molecular flexibility index (Phi) is 23.0. The number of hydrogen-bond donors (Lipinski definition) is 2. The van der Waals surface area contributed by atoms with Gasteiger partial charge in [0.1, 0.15) is 62.7 Å². The predicted octanol–water partition coefficient (Wildman–Crippen LogP) is -2.46. The van der Waals surface area contributed by atoms with Gasteiger partial charge in [-0.2, -0.15) is 0 Å². The first-order valence-corrected chi connectivity index (χ1v) is 22.5. The minimum absolute atomic E-state index is 0.709. The molecule has 3 saturated heterocycles. The first-order chi connectivity index (χ1) is 34.5. The molecule has 30 nitrogen and oxygen atoms in total. The normalized spacial score (nSPS) is 30.2. The lowest BCUT2D eigenvalue weighted by molar-refractivity contribution is -0.382. The smallest absolute Gasteiger partial charge is 0.366 e. The van der Waals surface area contributed by atoms with Crippen LogP contribution in [-0.2, 0) is 133 Å². The first kappa shape index (κ1) is 61.7. The fourth-order valence-corrected chi connectivity index (χ4v) is 8.09. The van der Waals surface area contributed by atoms with Crippen LogP contribution in [0.15, 0.2) is 0 Å². The zero-order valence-corrected chi connectivity index (χ0v) is 42.5. The van der Waals surface area contributed by atoms with E-state index in [0.29, 0.717) is 0 Å². The van der Waals surface area contributed by atoms with E-state index in [2.05, 4.69) is 5.32 Å². The van der Waals surface area contributed by atoms with Crippen molar-refractivity contribution >= 4 is 71.6 Å². The van der Waals surface area contributed by atoms with Crippen molar-refractivity contribution in [3.63, 3.8) is 0 Å². The molecule has 0 bridgehead atoms. The largest absolute Gasteiger partial charge is 0.465 e. The Morgan fingerprint density at radius 2 is 1.04 bits per heavy atom. The van der Waals surface area contributed by atoms with Gasteiger partial charge in [-0.15, -0.1) is 0 Å². The van der Waals surface area contributed by atoms with E-state index in [0.717, 1.165) is 83.3 Å². The molecule has 3 rings (SSSR count). The van der Waals surface area contributed by atoms with E-state index in [1.54, 1.807) is 0 Å². The van der Waals surface area contributed by atoms with Crippen LogP contribution in [0.5, 0.6) is 0 Å². The van der Waals surface area contributed by atoms with Gasteiger partial charge in [0.2, 0.25) is 5.91 Å². The lowest BCUT2D eigenvalue weighted by Gasteiger charge is -2.52. The zero-order chi connectivity index (χ0) is 55.9. The molecule has 16 atom stereocenters. The van der Waals surface area contributed by atoms with Crippen LogP contribution in [0.3, 0.4) is 0 Å². The average molecular weight is 1070 g/mol. The van der Waals surface area contributed by atoms with Gasteiger partial charge in [-0.1, -0.05) is 0 Å². The molecule has 0 radical (unpaired) electrons. The number of carbonyl (C=O) groups is 12. The van der Waals surface area contributed by atoms with Crippen LogP contribution >= 0.6 is 0 Å². The van der Waals surface area contributed by atoms with Crippen LogP contribution in [0, 0.1) is 0 Å². The van der Waals surface area contributed by atoms with Crippen molar-refractivity contribution in [3.8, 4) is 0 Å². The molecule has 3 aliphatic rings. The highest BCUT2D eigenvalue weighted by Crippen LogP contribution is 2.42. The fourth-order valence-electron chi connectivity index (χ4n) is 8.09. The van der Waals surface area contributed by atoms with Crippen LogP contribution < -0.4 is 11.1 Å². The van der Waals surface area contributed by atoms with E-state index < -0.39 is 195 Å². The Bertz CT molecular complexity index is 2100. The maximum Gasteiger partial charge on any atom is 0.366 e. The van der Waals surface area contributed by atoms with Crippen molar-refractivity contribution in [3.05, 3.63) is 0 Å². The van der Waals surface area contributed by atoms with Crippen molar-refractivity contribution in [1.29, 1.82) is 0 Å². The maximum atomic E-state index is 14.6. The molecule has 0 aromatic carbocycles. The summed E-state index contributed by atoms with van der Waals surface area (Å²) in [6.45, 7) is 8.08. The first-order valence-electron chi connectivity index (χ1n) is 22.5. The summed E-state index contributed by atoms with van der Waals surface area (Å²) in [4.78, 5) is 154. The van der Waals surface area contributed by atoms with Gasteiger partial charge >= 0.3 is 65.7 Å². The van der Waals surface area contributed by atoms with Gasteiger partial charge in [0, 0.05) is 76.2 Å². The summed E-state index contributed by atoms with van der Waals surface area (Å²) in [6, 6.07) is -1.70. The summed E-state index contributed by atoms with van der Waals surface area (Å²) in [5.41, 5.74) is 6.23. The number of nitrogens with two attached hydrogens (primary N) is 1. The van der Waals surface area contributed by atoms with Gasteiger partial charge in [-0.3, -0.25) is 52.7 Å². The topological polar surface area (TPSA) is 391 Å². The van der Waals surface area contributed by atoms with Crippen LogP contribution in [0.2, 0.25) is 0 Å². The molecule has 0 spiro atoms. The van der Waals surface area contributed by atoms with Crippen LogP contribution in [0.1, 0.15) is 82.6 Å². The Hall–Kier alpha value is -6.60. The molecule has 3 aliphatic heterocycles. The number of nitrogens with one attached hydrogen (secondary N) is 1. The van der Waals surface area contributed by atoms with E-state index in [4.69, 9.17) is 81.5 Å². The Morgan fingerprint density at radius 1 is 0.554 bits per heavy atom. The van der Waals surface area contributed by atoms with Crippen molar-refractivity contribution < 1.29 is 133 Å². The molecule has 0 aliphatic carbocycles. The standard InChI is InChI=1S/C44H62N2O28/c1-17(47)46-32-28(63-21(5)51)13-44(43(58)59-12,73-36(32)33(65-23(7)53)29(64-22(6)52)14-60-18(2)48)74-38-35(66-24(8)54)31(16-62-20(4)50)71-42(40(38)69-27(11)57)72-34-30(15-61-19(3)49)70-41(45)39(68-26(10)56)37(34)67-25(9)55/h28-42H,13-16,45H2,1-12H3,(H,46,47)/t28-,29+,30+,31+,32+,33+,34+,35-,36+,37-,38-,39+,40+,41+,42-,44-/m0/s1. The van der Waals surface area contributed by atoms with Crippen LogP contribution in [0.25, 0.3) is 0 Å². The summed E-state index contributed by atoms with van der Waals surface area (Å²) in [7, 11) is 0.830. The number of amides is 1. The third kappa shape index (κ3) is 17.8. The SMILES string of the molecule is COC(=O)[C@@]1(O[C@H]2[C@@H](OC(C)=O)[C@@H](COC(C)=O)O[C@@H](O[C@H]3[C@H](OC(C)=O)[C@@H](OC(C)=O)[C@H](N)O[C@@H]3COC(C)=O)[C@@H]2OC(C)=O)C[C@H](OC(C)=O)[C@@H](NC(C)=O)[C@H]([C@H](OC(C)=O)[C@@H](COC(C)=O)OC(C)=O)O1. The molecule has 3 heterocycles. The molecule has 30 heteroatoms. The summed E-state index contributed by atoms with van der Waals surface area (Å²) in [6.07, 6.45) is -27.7. The summed E-state index contributed by atoms with van der Waals surface area (Å²) < 4.78 is 91.4. The van der Waals surface area contributed by atoms with Gasteiger partial charge in [0.15, 0.2) is 42.9 Å². The van der Waals surface area contributed by atoms with Crippen molar-refractivity contribution in [2.45, 2.75) is 180 Å². The number of esters is 11. The number of carbonyl (C=O) groups excluding carboxylic acids is 12. The van der Waals surface area contributed by atoms with Gasteiger partial charge < -0.3 is 86.8 Å². The van der Waals surface area contributed by atoms with E-state index in [-0.39, 0.29) is 0 Å². The molecule has 74 heavy (non-hydrogen) atoms. The maximum absolute atomic E-state index is 14.6. The van der Waals surface area contributed by atoms with Crippen LogP contribution in [0.4, 0.5) is 0 Å². The van der Waals surface area contributed by atoms with Gasteiger partial charge in [0.25, 0.3) is 5.79 Å². The molecule has 0 unspecified atom stereocenters. The fraction of sp³-hybridized carbons (Fsp3) is 0.727. The van der Waals surface area contributed by atoms with Crippen molar-refractivity contribution in [1.82, 2.24) is 5.32 Å². The Morgan fingerprint density at radius 3 is 1.51 bits per heavy atom. The number of methoxy groups -OCH3 is 1. The molecule has 416 valence electrons. The second-order valence-electron chi connectivity index (χ2n) is 16.7. The quantitative estimate of drug-likeness (QED) is 0.0889. The summed E-state index contributed by atoms with van der Waals surface area (Å²) >= 11 is 0. The Balaban J connectivity index is 2.51. The van der Waals surface area contributed by atoms with E-state index in [1.165, 1.54) is 0 Å². The number of ether oxygens (including phenoxy) is 16. The average Bonchev–Trinajstić information content (AvgIpc) is 3.26. The third-order valence-corrected chi connectivity index (χ3v) is 10.5. The molecule has 3 N–H and O–H groups in total. The minimum Gasteiger partial charge on any atom is -0.465 e. The van der Waals surface area contributed by atoms with E-state index in [1.807, 2.05) is 0 Å². The highest BCUT2D eigenvalue weighted by molar-refractivity contribution is 5.79. The van der Waals surface area contributed by atoms with Gasteiger partial charge in [0.05, 0.1) is 19.6 Å². The lowest BCUT2D eigenvalue weighted by Crippen LogP contribution is -2.72. The molecule has 3 fully saturated rings.